The van der Waals surface area contributed by atoms with Gasteiger partial charge in [-0.2, -0.15) is 5.26 Å². The van der Waals surface area contributed by atoms with E-state index >= 15 is 0 Å². The lowest BCUT2D eigenvalue weighted by Crippen LogP contribution is -2.10. The summed E-state index contributed by atoms with van der Waals surface area (Å²) in [7, 11) is 0. The van der Waals surface area contributed by atoms with E-state index in [1.165, 1.54) is 11.3 Å². The summed E-state index contributed by atoms with van der Waals surface area (Å²) in [5.74, 6) is 0.307. The van der Waals surface area contributed by atoms with Crippen LogP contribution in [-0.2, 0) is 0 Å². The molecule has 0 aliphatic rings. The molecule has 1 N–H and O–H groups in total. The lowest BCUT2D eigenvalue weighted by atomic mass is 10.1. The number of hydrogen-bond donors (Lipinski definition) is 1. The van der Waals surface area contributed by atoms with Crippen LogP contribution < -0.4 is 5.56 Å². The zero-order valence-corrected chi connectivity index (χ0v) is 15.1. The quantitative estimate of drug-likeness (QED) is 0.555. The molecule has 0 saturated carbocycles. The number of benzene rings is 1. The van der Waals surface area contributed by atoms with E-state index in [0.29, 0.717) is 21.6 Å². The Kier molecular flexibility index (Phi) is 4.64. The van der Waals surface area contributed by atoms with Crippen LogP contribution in [0.25, 0.3) is 21.9 Å². The minimum atomic E-state index is -0.201. The molecule has 0 fully saturated rings. The Balaban J connectivity index is 2.07. The highest BCUT2D eigenvalue weighted by Crippen LogP contribution is 2.26. The molecular weight excluding hydrogens is 330 g/mol. The number of nitrogens with zero attached hydrogens (tertiary/aromatic N) is 2. The van der Waals surface area contributed by atoms with Crippen molar-refractivity contribution in [1.29, 1.82) is 5.26 Å². The van der Waals surface area contributed by atoms with Crippen molar-refractivity contribution in [3.05, 3.63) is 74.2 Å². The first-order chi connectivity index (χ1) is 12.0. The molecule has 0 unspecified atom stereocenters. The van der Waals surface area contributed by atoms with Crippen molar-refractivity contribution in [3.8, 4) is 6.07 Å². The third kappa shape index (κ3) is 3.44. The summed E-state index contributed by atoms with van der Waals surface area (Å²) in [5, 5.41) is 10.1. The van der Waals surface area contributed by atoms with Crippen LogP contribution in [0.3, 0.4) is 0 Å². The van der Waals surface area contributed by atoms with Crippen LogP contribution in [0.15, 0.2) is 46.8 Å². The van der Waals surface area contributed by atoms with Gasteiger partial charge < -0.3 is 4.98 Å². The Labute approximate surface area is 149 Å². The average Bonchev–Trinajstić information content (AvgIpc) is 2.88. The Morgan fingerprint density at radius 3 is 2.68 bits per heavy atom. The van der Waals surface area contributed by atoms with E-state index in [-0.39, 0.29) is 5.56 Å². The normalized spacial score (nSPS) is 12.4. The van der Waals surface area contributed by atoms with E-state index in [0.717, 1.165) is 21.6 Å². The smallest absolute Gasteiger partial charge is 0.260 e. The van der Waals surface area contributed by atoms with Crippen molar-refractivity contribution in [2.75, 3.05) is 0 Å². The van der Waals surface area contributed by atoms with Crippen LogP contribution in [0.5, 0.6) is 0 Å². The summed E-state index contributed by atoms with van der Waals surface area (Å²) in [6, 6.07) is 12.0. The van der Waals surface area contributed by atoms with Gasteiger partial charge in [-0.15, -0.1) is 11.3 Å². The maximum Gasteiger partial charge on any atom is 0.260 e. The van der Waals surface area contributed by atoms with Crippen molar-refractivity contribution >= 4 is 33.2 Å². The van der Waals surface area contributed by atoms with Gasteiger partial charge in [-0.1, -0.05) is 36.4 Å². The topological polar surface area (TPSA) is 69.5 Å². The second-order valence-electron chi connectivity index (χ2n) is 5.85. The summed E-state index contributed by atoms with van der Waals surface area (Å²) < 4.78 is 0. The van der Waals surface area contributed by atoms with E-state index in [2.05, 4.69) is 16.0 Å². The van der Waals surface area contributed by atoms with E-state index in [9.17, 15) is 10.1 Å². The summed E-state index contributed by atoms with van der Waals surface area (Å²) in [6.07, 6.45) is 3.72. The predicted molar refractivity (Wildman–Crippen MR) is 103 cm³/mol. The maximum absolute atomic E-state index is 12.4. The van der Waals surface area contributed by atoms with Crippen molar-refractivity contribution < 1.29 is 0 Å². The first kappa shape index (κ1) is 16.9. The number of allylic oxidation sites excluding steroid dienone is 3. The van der Waals surface area contributed by atoms with Crippen LogP contribution >= 0.6 is 11.3 Å². The van der Waals surface area contributed by atoms with Crippen LogP contribution in [0.2, 0.25) is 0 Å². The van der Waals surface area contributed by atoms with Crippen LogP contribution in [0.1, 0.15) is 28.8 Å². The molecule has 3 aromatic rings. The summed E-state index contributed by atoms with van der Waals surface area (Å²) >= 11 is 1.47. The van der Waals surface area contributed by atoms with E-state index in [1.807, 2.05) is 57.2 Å². The Morgan fingerprint density at radius 2 is 2.00 bits per heavy atom. The number of nitrogens with one attached hydrogen (secondary N) is 1. The van der Waals surface area contributed by atoms with Crippen LogP contribution in [0.4, 0.5) is 0 Å². The molecule has 4 nitrogen and oxygen atoms in total. The molecule has 0 aliphatic carbocycles. The van der Waals surface area contributed by atoms with E-state index < -0.39 is 0 Å². The summed E-state index contributed by atoms with van der Waals surface area (Å²) in [4.78, 5) is 21.4. The van der Waals surface area contributed by atoms with Gasteiger partial charge in [-0.25, -0.2) is 4.98 Å². The number of fused-ring (bicyclic) bond motifs is 1. The second kappa shape index (κ2) is 6.88. The fourth-order valence-electron chi connectivity index (χ4n) is 2.62. The molecule has 0 saturated heterocycles. The highest BCUT2D eigenvalue weighted by Gasteiger charge is 2.13. The molecule has 3 rings (SSSR count). The van der Waals surface area contributed by atoms with Gasteiger partial charge >= 0.3 is 0 Å². The second-order valence-corrected chi connectivity index (χ2v) is 7.05. The number of aromatic nitrogens is 2. The van der Waals surface area contributed by atoms with E-state index in [1.54, 1.807) is 6.08 Å². The monoisotopic (exact) mass is 347 g/mol. The average molecular weight is 347 g/mol. The first-order valence-corrected chi connectivity index (χ1v) is 8.67. The third-order valence-electron chi connectivity index (χ3n) is 3.98. The lowest BCUT2D eigenvalue weighted by Gasteiger charge is -2.01. The molecule has 0 bridgehead atoms. The van der Waals surface area contributed by atoms with Gasteiger partial charge in [0.1, 0.15) is 10.9 Å². The molecular formula is C20H17N3OS. The number of thiophene rings is 1. The summed E-state index contributed by atoms with van der Waals surface area (Å²) in [6.45, 7) is 5.80. The van der Waals surface area contributed by atoms with Gasteiger partial charge in [0.25, 0.3) is 5.56 Å². The lowest BCUT2D eigenvalue weighted by molar-refractivity contribution is 1.13. The summed E-state index contributed by atoms with van der Waals surface area (Å²) in [5.41, 5.74) is 3.04. The van der Waals surface area contributed by atoms with E-state index in [4.69, 9.17) is 0 Å². The largest absolute Gasteiger partial charge is 0.305 e. The molecule has 25 heavy (non-hydrogen) atoms. The SMILES string of the molecule is CC(=C\c1ccccc1)/C=C(\C#N)c1nc2sc(C)c(C)c2c(=O)[nH]1. The third-order valence-corrected chi connectivity index (χ3v) is 5.08. The van der Waals surface area contributed by atoms with Gasteiger partial charge in [-0.3, -0.25) is 4.79 Å². The minimum Gasteiger partial charge on any atom is -0.305 e. The molecule has 0 amide bonds. The van der Waals surface area contributed by atoms with Gasteiger partial charge in [0.05, 0.1) is 11.0 Å². The van der Waals surface area contributed by atoms with Crippen molar-refractivity contribution in [3.63, 3.8) is 0 Å². The highest BCUT2D eigenvalue weighted by molar-refractivity contribution is 7.18. The molecule has 0 radical (unpaired) electrons. The molecule has 5 heteroatoms. The number of aryl methyl sites for hydroxylation is 2. The van der Waals surface area contributed by atoms with Gasteiger partial charge in [0, 0.05) is 4.88 Å². The Bertz CT molecular complexity index is 1100. The minimum absolute atomic E-state index is 0.201. The standard InChI is InChI=1S/C20H17N3OS/c1-12(9-15-7-5-4-6-8-15)10-16(11-21)18-22-19(24)17-13(2)14(3)25-20(17)23-18/h4-10H,1-3H3,(H,22,23,24)/b12-9+,16-10+. The zero-order chi connectivity index (χ0) is 18.0. The highest BCUT2D eigenvalue weighted by atomic mass is 32.1. The van der Waals surface area contributed by atoms with Gasteiger partial charge in [0.15, 0.2) is 5.82 Å². The van der Waals surface area contributed by atoms with Gasteiger partial charge in [-0.05, 0) is 43.5 Å². The number of H-pyrrole nitrogens is 1. The molecule has 124 valence electrons. The first-order valence-electron chi connectivity index (χ1n) is 7.85. The zero-order valence-electron chi connectivity index (χ0n) is 14.3. The molecule has 2 heterocycles. The van der Waals surface area contributed by atoms with Crippen molar-refractivity contribution in [2.24, 2.45) is 0 Å². The fraction of sp³-hybridized carbons (Fsp3) is 0.150. The predicted octanol–water partition coefficient (Wildman–Crippen LogP) is 4.61. The molecule has 0 spiro atoms. The Morgan fingerprint density at radius 1 is 1.28 bits per heavy atom. The molecule has 1 aromatic carbocycles. The molecule has 2 aromatic heterocycles. The molecule has 0 aliphatic heterocycles. The number of aromatic amines is 1. The van der Waals surface area contributed by atoms with Gasteiger partial charge in [0.2, 0.25) is 0 Å². The van der Waals surface area contributed by atoms with Crippen LogP contribution in [0, 0.1) is 25.2 Å². The van der Waals surface area contributed by atoms with Crippen molar-refractivity contribution in [1.82, 2.24) is 9.97 Å². The number of hydrogen-bond acceptors (Lipinski definition) is 4. The number of rotatable bonds is 3. The Hall–Kier alpha value is -2.97. The fourth-order valence-corrected chi connectivity index (χ4v) is 3.65. The van der Waals surface area contributed by atoms with Crippen LogP contribution in [-0.4, -0.2) is 9.97 Å². The van der Waals surface area contributed by atoms with Crippen molar-refractivity contribution in [2.45, 2.75) is 20.8 Å². The molecule has 0 atom stereocenters. The maximum atomic E-state index is 12.4. The number of nitriles is 1.